The van der Waals surface area contributed by atoms with Gasteiger partial charge in [-0.2, -0.15) is 18.4 Å². The number of aryl methyl sites for hydroxylation is 2. The molecule has 0 aromatic heterocycles. The lowest BCUT2D eigenvalue weighted by Crippen LogP contribution is -2.49. The van der Waals surface area contributed by atoms with Crippen molar-refractivity contribution in [1.29, 1.82) is 5.26 Å². The van der Waals surface area contributed by atoms with Gasteiger partial charge in [0.15, 0.2) is 0 Å². The molecule has 2 aromatic rings. The second-order valence-corrected chi connectivity index (χ2v) is 9.75. The van der Waals surface area contributed by atoms with Crippen LogP contribution in [0.1, 0.15) is 35.1 Å². The number of nitriles is 1. The highest BCUT2D eigenvalue weighted by molar-refractivity contribution is 5.89. The molecule has 2 aliphatic rings. The van der Waals surface area contributed by atoms with Crippen molar-refractivity contribution < 1.29 is 22.8 Å². The topological polar surface area (TPSA) is 102 Å². The minimum absolute atomic E-state index is 0.188. The number of rotatable bonds is 3. The van der Waals surface area contributed by atoms with Crippen molar-refractivity contribution in [3.63, 3.8) is 0 Å². The Morgan fingerprint density at radius 3 is 2.39 bits per heavy atom. The number of hydrogen-bond acceptors (Lipinski definition) is 4. The van der Waals surface area contributed by atoms with Crippen molar-refractivity contribution >= 4 is 23.3 Å². The lowest BCUT2D eigenvalue weighted by atomic mass is 9.70. The van der Waals surface area contributed by atoms with E-state index in [9.17, 15) is 22.8 Å². The van der Waals surface area contributed by atoms with Crippen molar-refractivity contribution in [2.45, 2.75) is 32.9 Å². The van der Waals surface area contributed by atoms with Gasteiger partial charge in [-0.1, -0.05) is 6.07 Å². The van der Waals surface area contributed by atoms with Crippen LogP contribution in [0.15, 0.2) is 36.4 Å². The highest BCUT2D eigenvalue weighted by Crippen LogP contribution is 2.46. The van der Waals surface area contributed by atoms with Crippen molar-refractivity contribution in [2.75, 3.05) is 36.4 Å². The van der Waals surface area contributed by atoms with Gasteiger partial charge in [0.1, 0.15) is 0 Å². The van der Waals surface area contributed by atoms with Gasteiger partial charge in [-0.15, -0.1) is 0 Å². The van der Waals surface area contributed by atoms with E-state index in [2.05, 4.69) is 5.32 Å². The first-order valence-corrected chi connectivity index (χ1v) is 11.7. The van der Waals surface area contributed by atoms with Crippen LogP contribution in [-0.2, 0) is 11.0 Å². The Morgan fingerprint density at radius 1 is 1.11 bits per heavy atom. The summed E-state index contributed by atoms with van der Waals surface area (Å²) in [4.78, 5) is 28.6. The number of piperidine rings is 1. The standard InChI is InChI=1S/C26H28F3N5O2/c1-16-3-5-19(11-17(16)2)32-24(36)33-9-7-25(8-10-33)15-34(14-22(25)23(31)35)20-6-4-18(13-30)21(12-20)26(27,28)29/h3-6,11-12,22H,7-10,14-15H2,1-2H3,(H2,31,35)(H,32,36). The van der Waals surface area contributed by atoms with E-state index in [0.29, 0.717) is 43.9 Å². The number of nitrogens with two attached hydrogens (primary N) is 1. The second-order valence-electron chi connectivity index (χ2n) is 9.75. The number of benzene rings is 2. The van der Waals surface area contributed by atoms with Crippen molar-refractivity contribution in [1.82, 2.24) is 4.90 Å². The van der Waals surface area contributed by atoms with E-state index in [4.69, 9.17) is 11.0 Å². The SMILES string of the molecule is Cc1ccc(NC(=O)N2CCC3(CC2)CN(c2ccc(C#N)c(C(F)(F)F)c2)CC3C(N)=O)cc1C. The van der Waals surface area contributed by atoms with Gasteiger partial charge in [0.25, 0.3) is 0 Å². The maximum atomic E-state index is 13.5. The Morgan fingerprint density at radius 2 is 1.81 bits per heavy atom. The van der Waals surface area contributed by atoms with E-state index in [1.165, 1.54) is 6.07 Å². The number of amides is 3. The fraction of sp³-hybridized carbons (Fsp3) is 0.423. The Kier molecular flexibility index (Phi) is 6.60. The zero-order chi connectivity index (χ0) is 26.3. The maximum Gasteiger partial charge on any atom is 0.417 e. The fourth-order valence-corrected chi connectivity index (χ4v) is 5.30. The molecule has 2 aromatic carbocycles. The van der Waals surface area contributed by atoms with Crippen LogP contribution in [0.5, 0.6) is 0 Å². The molecule has 1 spiro atoms. The van der Waals surface area contributed by atoms with Crippen LogP contribution in [0.3, 0.4) is 0 Å². The van der Waals surface area contributed by atoms with E-state index >= 15 is 0 Å². The van der Waals surface area contributed by atoms with E-state index < -0.39 is 34.5 Å². The molecule has 0 saturated carbocycles. The molecule has 1 unspecified atom stereocenters. The molecule has 3 amide bonds. The third-order valence-corrected chi connectivity index (χ3v) is 7.59. The Bertz CT molecular complexity index is 1230. The molecule has 4 rings (SSSR count). The van der Waals surface area contributed by atoms with Gasteiger partial charge >= 0.3 is 12.2 Å². The summed E-state index contributed by atoms with van der Waals surface area (Å²) in [5.74, 6) is -1.07. The monoisotopic (exact) mass is 499 g/mol. The number of nitrogens with one attached hydrogen (secondary N) is 1. The van der Waals surface area contributed by atoms with Gasteiger partial charge in [0.2, 0.25) is 5.91 Å². The summed E-state index contributed by atoms with van der Waals surface area (Å²) in [5, 5.41) is 12.0. The van der Waals surface area contributed by atoms with E-state index in [1.807, 2.05) is 32.0 Å². The van der Waals surface area contributed by atoms with Gasteiger partial charge in [0, 0.05) is 43.0 Å². The largest absolute Gasteiger partial charge is 0.417 e. The first-order valence-electron chi connectivity index (χ1n) is 11.7. The summed E-state index contributed by atoms with van der Waals surface area (Å²) < 4.78 is 40.5. The average Bonchev–Trinajstić information content (AvgIpc) is 3.20. The van der Waals surface area contributed by atoms with Gasteiger partial charge in [-0.25, -0.2) is 4.79 Å². The average molecular weight is 500 g/mol. The minimum Gasteiger partial charge on any atom is -0.370 e. The molecule has 3 N–H and O–H groups in total. The highest BCUT2D eigenvalue weighted by Gasteiger charge is 2.51. The molecule has 7 nitrogen and oxygen atoms in total. The maximum absolute atomic E-state index is 13.5. The smallest absolute Gasteiger partial charge is 0.370 e. The summed E-state index contributed by atoms with van der Waals surface area (Å²) in [6.45, 7) is 5.29. The van der Waals surface area contributed by atoms with E-state index in [0.717, 1.165) is 23.3 Å². The lowest BCUT2D eigenvalue weighted by Gasteiger charge is -2.41. The summed E-state index contributed by atoms with van der Waals surface area (Å²) in [6.07, 6.45) is -3.67. The molecule has 0 bridgehead atoms. The van der Waals surface area contributed by atoms with Crippen LogP contribution in [0.2, 0.25) is 0 Å². The number of hydrogen-bond donors (Lipinski definition) is 2. The molecular formula is C26H28F3N5O2. The van der Waals surface area contributed by atoms with Gasteiger partial charge < -0.3 is 20.9 Å². The molecule has 2 heterocycles. The Hall–Kier alpha value is -3.74. The number of halogens is 3. The van der Waals surface area contributed by atoms with E-state index in [1.54, 1.807) is 15.9 Å². The molecule has 10 heteroatoms. The summed E-state index contributed by atoms with van der Waals surface area (Å²) in [7, 11) is 0. The number of alkyl halides is 3. The lowest BCUT2D eigenvalue weighted by molar-refractivity contribution is -0.137. The summed E-state index contributed by atoms with van der Waals surface area (Å²) in [6, 6.07) is 10.6. The zero-order valence-electron chi connectivity index (χ0n) is 20.2. The summed E-state index contributed by atoms with van der Waals surface area (Å²) in [5.41, 5.74) is 6.92. The van der Waals surface area contributed by atoms with Crippen LogP contribution in [-0.4, -0.2) is 43.0 Å². The van der Waals surface area contributed by atoms with E-state index in [-0.39, 0.29) is 12.6 Å². The number of primary amides is 1. The predicted molar refractivity (Wildman–Crippen MR) is 129 cm³/mol. The number of anilines is 2. The van der Waals surface area contributed by atoms with Crippen LogP contribution >= 0.6 is 0 Å². The molecule has 1 atom stereocenters. The first-order chi connectivity index (χ1) is 16.9. The van der Waals surface area contributed by atoms with Crippen molar-refractivity contribution in [3.05, 3.63) is 58.7 Å². The normalized spacial score (nSPS) is 19.3. The Labute approximate surface area is 207 Å². The predicted octanol–water partition coefficient (Wildman–Crippen LogP) is 4.43. The fourth-order valence-electron chi connectivity index (χ4n) is 5.30. The van der Waals surface area contributed by atoms with Gasteiger partial charge in [0.05, 0.1) is 23.1 Å². The number of carbonyl (C=O) groups is 2. The van der Waals surface area contributed by atoms with Crippen LogP contribution in [0.4, 0.5) is 29.3 Å². The number of likely N-dealkylation sites (tertiary alicyclic amines) is 1. The second kappa shape index (κ2) is 9.37. The molecule has 0 radical (unpaired) electrons. The highest BCUT2D eigenvalue weighted by atomic mass is 19.4. The first kappa shape index (κ1) is 25.4. The third kappa shape index (κ3) is 4.83. The van der Waals surface area contributed by atoms with Crippen molar-refractivity contribution in [2.24, 2.45) is 17.1 Å². The molecule has 0 aliphatic carbocycles. The van der Waals surface area contributed by atoms with Crippen LogP contribution in [0.25, 0.3) is 0 Å². The quantitative estimate of drug-likeness (QED) is 0.652. The molecule has 2 aliphatic heterocycles. The van der Waals surface area contributed by atoms with Gasteiger partial charge in [-0.05, 0) is 68.1 Å². The molecular weight excluding hydrogens is 471 g/mol. The molecule has 2 saturated heterocycles. The van der Waals surface area contributed by atoms with Crippen molar-refractivity contribution in [3.8, 4) is 6.07 Å². The molecule has 36 heavy (non-hydrogen) atoms. The molecule has 190 valence electrons. The number of nitrogens with zero attached hydrogens (tertiary/aromatic N) is 3. The summed E-state index contributed by atoms with van der Waals surface area (Å²) >= 11 is 0. The number of carbonyl (C=O) groups excluding carboxylic acids is 2. The van der Waals surface area contributed by atoms with Crippen LogP contribution < -0.4 is 16.0 Å². The van der Waals surface area contributed by atoms with Crippen LogP contribution in [0, 0.1) is 36.5 Å². The van der Waals surface area contributed by atoms with Gasteiger partial charge in [-0.3, -0.25) is 4.79 Å². The number of urea groups is 1. The molecule has 2 fully saturated rings. The Balaban J connectivity index is 1.49. The minimum atomic E-state index is -4.67. The zero-order valence-corrected chi connectivity index (χ0v) is 20.2. The third-order valence-electron chi connectivity index (χ3n) is 7.59.